The number of nitrogens with one attached hydrogen (secondary N) is 2. The number of unbranched alkanes of at least 4 members (excludes halogenated alkanes) is 2. The summed E-state index contributed by atoms with van der Waals surface area (Å²) in [4.78, 5) is 25.8. The van der Waals surface area contributed by atoms with Crippen molar-refractivity contribution in [2.75, 3.05) is 13.6 Å². The molecule has 4 N–H and O–H groups in total. The minimum Gasteiger partial charge on any atom is -0.392 e. The molecule has 0 bridgehead atoms. The lowest BCUT2D eigenvalue weighted by molar-refractivity contribution is -0.252. The summed E-state index contributed by atoms with van der Waals surface area (Å²) in [5, 5.41) is 21.1. The van der Waals surface area contributed by atoms with E-state index < -0.39 is 12.2 Å². The predicted molar refractivity (Wildman–Crippen MR) is 188 cm³/mol. The van der Waals surface area contributed by atoms with Crippen molar-refractivity contribution in [3.05, 3.63) is 131 Å². The first-order valence-electron chi connectivity index (χ1n) is 17.0. The van der Waals surface area contributed by atoms with E-state index >= 15 is 0 Å². The van der Waals surface area contributed by atoms with E-state index in [0.717, 1.165) is 52.9 Å². The van der Waals surface area contributed by atoms with Gasteiger partial charge in [-0.3, -0.25) is 19.7 Å². The predicted octanol–water partition coefficient (Wildman–Crippen LogP) is 6.60. The Hall–Kier alpha value is -4.38. The van der Waals surface area contributed by atoms with Crippen LogP contribution in [0.15, 0.2) is 103 Å². The fourth-order valence-electron chi connectivity index (χ4n) is 6.16. The Kier molecular flexibility index (Phi) is 13.5. The van der Waals surface area contributed by atoms with Crippen molar-refractivity contribution in [2.45, 2.75) is 76.7 Å². The fraction of sp³-hybridized carbons (Fsp3) is 0.350. The summed E-state index contributed by atoms with van der Waals surface area (Å²) in [5.74, 6) is -0.440. The highest BCUT2D eigenvalue weighted by atomic mass is 16.7. The molecule has 9 heteroatoms. The molecule has 1 saturated heterocycles. The quantitative estimate of drug-likeness (QED) is 0.0605. The van der Waals surface area contributed by atoms with Gasteiger partial charge >= 0.3 is 0 Å². The minimum absolute atomic E-state index is 0.000141. The van der Waals surface area contributed by atoms with Crippen molar-refractivity contribution >= 4 is 11.8 Å². The van der Waals surface area contributed by atoms with E-state index in [4.69, 9.17) is 14.7 Å². The number of amides is 2. The Bertz CT molecular complexity index is 1630. The molecule has 4 aromatic rings. The molecule has 1 aliphatic rings. The van der Waals surface area contributed by atoms with Crippen LogP contribution in [-0.2, 0) is 38.8 Å². The number of ether oxygens (including phenoxy) is 2. The molecule has 0 aromatic heterocycles. The molecule has 258 valence electrons. The number of hydroxylamine groups is 1. The second-order valence-electron chi connectivity index (χ2n) is 12.7. The van der Waals surface area contributed by atoms with Crippen molar-refractivity contribution in [3.8, 4) is 11.1 Å². The summed E-state index contributed by atoms with van der Waals surface area (Å²) in [6.45, 7) is 1.98. The van der Waals surface area contributed by atoms with Crippen molar-refractivity contribution in [2.24, 2.45) is 0 Å². The third kappa shape index (κ3) is 11.1. The Labute approximate surface area is 288 Å². The summed E-state index contributed by atoms with van der Waals surface area (Å²) in [5.41, 5.74) is 8.78. The van der Waals surface area contributed by atoms with Crippen molar-refractivity contribution in [1.29, 1.82) is 0 Å². The zero-order valence-corrected chi connectivity index (χ0v) is 28.1. The lowest BCUT2D eigenvalue weighted by Crippen LogP contribution is -2.37. The highest BCUT2D eigenvalue weighted by Gasteiger charge is 2.33. The molecule has 0 saturated carbocycles. The van der Waals surface area contributed by atoms with Gasteiger partial charge in [-0.25, -0.2) is 5.48 Å². The summed E-state index contributed by atoms with van der Waals surface area (Å²) in [7, 11) is 2.12. The first-order valence-corrected chi connectivity index (χ1v) is 17.0. The van der Waals surface area contributed by atoms with Crippen LogP contribution < -0.4 is 10.8 Å². The van der Waals surface area contributed by atoms with Gasteiger partial charge in [-0.1, -0.05) is 97.4 Å². The topological polar surface area (TPSA) is 120 Å². The van der Waals surface area contributed by atoms with Crippen LogP contribution in [0, 0.1) is 0 Å². The van der Waals surface area contributed by atoms with E-state index in [2.05, 4.69) is 65.8 Å². The number of carbonyl (C=O) groups is 2. The largest absolute Gasteiger partial charge is 0.392 e. The standard InChI is InChI=1S/C40H47N3O6/c1-43(26-29-10-4-2-5-11-29)27-36-24-37(32-20-18-30(28-44)19-21-32)49-40(48-36)35-15-9-14-34(23-35)33-13-8-12-31(22-33)25-41-38(45)16-6-3-7-17-39(46)42-47/h2,4-5,8-15,18-23,36-37,40,44,47H,3,6-7,16-17,24-28H2,1H3,(H,41,45)(H,42,46)/t36-,37+,40+/m0/s1. The number of hydrogen-bond donors (Lipinski definition) is 4. The van der Waals surface area contributed by atoms with Gasteiger partial charge in [0, 0.05) is 44.5 Å². The molecule has 0 spiro atoms. The number of hydrogen-bond acceptors (Lipinski definition) is 7. The normalized spacial score (nSPS) is 17.5. The summed E-state index contributed by atoms with van der Waals surface area (Å²) in [6, 6.07) is 34.7. The summed E-state index contributed by atoms with van der Waals surface area (Å²) < 4.78 is 13.3. The second kappa shape index (κ2) is 18.4. The van der Waals surface area contributed by atoms with Gasteiger partial charge in [0.2, 0.25) is 11.8 Å². The van der Waals surface area contributed by atoms with Crippen LogP contribution in [0.25, 0.3) is 11.1 Å². The zero-order valence-electron chi connectivity index (χ0n) is 28.1. The molecule has 0 aliphatic carbocycles. The third-order valence-electron chi connectivity index (χ3n) is 8.77. The molecule has 0 radical (unpaired) electrons. The number of aliphatic hydroxyl groups excluding tert-OH is 1. The monoisotopic (exact) mass is 665 g/mol. The van der Waals surface area contributed by atoms with Crippen LogP contribution in [0.5, 0.6) is 0 Å². The smallest absolute Gasteiger partial charge is 0.243 e. The number of nitrogens with zero attached hydrogens (tertiary/aromatic N) is 1. The molecule has 3 atom stereocenters. The average molecular weight is 666 g/mol. The molecule has 49 heavy (non-hydrogen) atoms. The van der Waals surface area contributed by atoms with E-state index in [1.165, 1.54) is 5.56 Å². The molecule has 1 heterocycles. The molecular weight excluding hydrogens is 618 g/mol. The Morgan fingerprint density at radius 3 is 2.18 bits per heavy atom. The van der Waals surface area contributed by atoms with Gasteiger partial charge in [0.05, 0.1) is 18.8 Å². The van der Waals surface area contributed by atoms with Gasteiger partial charge in [-0.2, -0.15) is 0 Å². The second-order valence-corrected chi connectivity index (χ2v) is 12.7. The van der Waals surface area contributed by atoms with E-state index in [0.29, 0.717) is 32.2 Å². The van der Waals surface area contributed by atoms with Gasteiger partial charge in [0.15, 0.2) is 6.29 Å². The van der Waals surface area contributed by atoms with Crippen LogP contribution in [0.2, 0.25) is 0 Å². The van der Waals surface area contributed by atoms with E-state index in [1.54, 1.807) is 5.48 Å². The molecule has 5 rings (SSSR count). The molecule has 4 aromatic carbocycles. The van der Waals surface area contributed by atoms with Crippen LogP contribution in [0.4, 0.5) is 0 Å². The average Bonchev–Trinajstić information content (AvgIpc) is 3.14. The zero-order chi connectivity index (χ0) is 34.4. The summed E-state index contributed by atoms with van der Waals surface area (Å²) in [6.07, 6.45) is 2.60. The highest BCUT2D eigenvalue weighted by molar-refractivity contribution is 5.76. The minimum atomic E-state index is -0.563. The van der Waals surface area contributed by atoms with Crippen LogP contribution in [-0.4, -0.2) is 46.7 Å². The molecule has 1 aliphatic heterocycles. The van der Waals surface area contributed by atoms with Gasteiger partial charge < -0.3 is 19.9 Å². The van der Waals surface area contributed by atoms with E-state index in [-0.39, 0.29) is 31.1 Å². The highest BCUT2D eigenvalue weighted by Crippen LogP contribution is 2.39. The summed E-state index contributed by atoms with van der Waals surface area (Å²) >= 11 is 0. The molecule has 1 fully saturated rings. The lowest BCUT2D eigenvalue weighted by atomic mass is 9.98. The Morgan fingerprint density at radius 1 is 0.755 bits per heavy atom. The number of benzene rings is 4. The molecule has 9 nitrogen and oxygen atoms in total. The Morgan fingerprint density at radius 2 is 1.45 bits per heavy atom. The van der Waals surface area contributed by atoms with Crippen molar-refractivity contribution < 1.29 is 29.4 Å². The van der Waals surface area contributed by atoms with Crippen LogP contribution in [0.3, 0.4) is 0 Å². The number of rotatable bonds is 16. The van der Waals surface area contributed by atoms with Gasteiger partial charge in [-0.15, -0.1) is 0 Å². The number of aliphatic hydroxyl groups is 1. The van der Waals surface area contributed by atoms with Gasteiger partial charge in [0.25, 0.3) is 0 Å². The lowest BCUT2D eigenvalue weighted by Gasteiger charge is -2.38. The Balaban J connectivity index is 1.25. The van der Waals surface area contributed by atoms with Crippen LogP contribution in [0.1, 0.15) is 78.7 Å². The van der Waals surface area contributed by atoms with Crippen molar-refractivity contribution in [3.63, 3.8) is 0 Å². The van der Waals surface area contributed by atoms with Crippen LogP contribution >= 0.6 is 0 Å². The SMILES string of the molecule is CN(Cc1ccccc1)C[C@@H]1C[C@H](c2ccc(CO)cc2)O[C@H](c2cccc(-c3cccc(CNC(=O)CCCCCC(=O)NO)c3)c2)O1. The fourth-order valence-corrected chi connectivity index (χ4v) is 6.16. The molecule has 0 unspecified atom stereocenters. The maximum absolute atomic E-state index is 12.4. The van der Waals surface area contributed by atoms with Gasteiger partial charge in [-0.05, 0) is 65.4 Å². The maximum atomic E-state index is 12.4. The van der Waals surface area contributed by atoms with E-state index in [9.17, 15) is 14.7 Å². The van der Waals surface area contributed by atoms with Gasteiger partial charge in [0.1, 0.15) is 0 Å². The van der Waals surface area contributed by atoms with E-state index in [1.807, 2.05) is 54.6 Å². The molecule has 2 amide bonds. The maximum Gasteiger partial charge on any atom is 0.243 e. The number of carbonyl (C=O) groups excluding carboxylic acids is 2. The first-order chi connectivity index (χ1) is 23.9. The van der Waals surface area contributed by atoms with Crippen molar-refractivity contribution in [1.82, 2.24) is 15.7 Å². The third-order valence-corrected chi connectivity index (χ3v) is 8.77. The number of likely N-dealkylation sites (N-methyl/N-ethyl adjacent to an activating group) is 1. The molecular formula is C40H47N3O6. The first kappa shape index (κ1) is 35.9.